The SMILES string of the molecule is CCCn1c(Cc2ccc(Cl)cc2N)nc2ccccc21. The molecule has 3 nitrogen and oxygen atoms in total. The van der Waals surface area contributed by atoms with E-state index in [0.29, 0.717) is 5.02 Å². The molecule has 0 aliphatic heterocycles. The fourth-order valence-electron chi connectivity index (χ4n) is 2.63. The Hall–Kier alpha value is -2.00. The van der Waals surface area contributed by atoms with Gasteiger partial charge in [0.05, 0.1) is 11.0 Å². The first-order chi connectivity index (χ1) is 10.2. The van der Waals surface area contributed by atoms with Crippen molar-refractivity contribution >= 4 is 28.3 Å². The zero-order valence-corrected chi connectivity index (χ0v) is 12.8. The molecule has 0 saturated carbocycles. The van der Waals surface area contributed by atoms with Crippen LogP contribution in [-0.4, -0.2) is 9.55 Å². The zero-order valence-electron chi connectivity index (χ0n) is 12.0. The van der Waals surface area contributed by atoms with Crippen molar-refractivity contribution in [3.05, 3.63) is 58.9 Å². The molecule has 0 bridgehead atoms. The first kappa shape index (κ1) is 14.0. The van der Waals surface area contributed by atoms with Gasteiger partial charge in [0, 0.05) is 23.7 Å². The van der Waals surface area contributed by atoms with Crippen LogP contribution < -0.4 is 5.73 Å². The Morgan fingerprint density at radius 3 is 2.76 bits per heavy atom. The van der Waals surface area contributed by atoms with E-state index in [4.69, 9.17) is 22.3 Å². The van der Waals surface area contributed by atoms with Crippen molar-refractivity contribution in [3.8, 4) is 0 Å². The average Bonchev–Trinajstić information content (AvgIpc) is 2.81. The number of rotatable bonds is 4. The molecule has 0 amide bonds. The second kappa shape index (κ2) is 5.78. The minimum Gasteiger partial charge on any atom is -0.398 e. The topological polar surface area (TPSA) is 43.8 Å². The molecule has 1 aromatic heterocycles. The van der Waals surface area contributed by atoms with Gasteiger partial charge in [-0.3, -0.25) is 0 Å². The molecule has 21 heavy (non-hydrogen) atoms. The number of nitrogens with zero attached hydrogens (tertiary/aromatic N) is 2. The number of hydrogen-bond acceptors (Lipinski definition) is 2. The number of anilines is 1. The highest BCUT2D eigenvalue weighted by molar-refractivity contribution is 6.30. The largest absolute Gasteiger partial charge is 0.398 e. The van der Waals surface area contributed by atoms with Crippen LogP contribution in [0.3, 0.4) is 0 Å². The van der Waals surface area contributed by atoms with Crippen molar-refractivity contribution in [3.63, 3.8) is 0 Å². The molecule has 2 N–H and O–H groups in total. The van der Waals surface area contributed by atoms with Gasteiger partial charge in [-0.1, -0.05) is 36.7 Å². The van der Waals surface area contributed by atoms with Gasteiger partial charge in [0.1, 0.15) is 5.82 Å². The molecule has 4 heteroatoms. The molecule has 2 aromatic carbocycles. The van der Waals surface area contributed by atoms with Gasteiger partial charge in [-0.05, 0) is 36.2 Å². The van der Waals surface area contributed by atoms with Gasteiger partial charge in [-0.15, -0.1) is 0 Å². The number of nitrogens with two attached hydrogens (primary N) is 1. The summed E-state index contributed by atoms with van der Waals surface area (Å²) in [5.41, 5.74) is 10.1. The van der Waals surface area contributed by atoms with E-state index in [9.17, 15) is 0 Å². The van der Waals surface area contributed by atoms with Gasteiger partial charge in [0.2, 0.25) is 0 Å². The molecular formula is C17H18ClN3. The molecule has 0 spiro atoms. The Labute approximate surface area is 129 Å². The minimum absolute atomic E-state index is 0.665. The summed E-state index contributed by atoms with van der Waals surface area (Å²) in [6, 6.07) is 13.9. The summed E-state index contributed by atoms with van der Waals surface area (Å²) >= 11 is 5.96. The number of aryl methyl sites for hydroxylation is 1. The number of imidazole rings is 1. The fourth-order valence-corrected chi connectivity index (χ4v) is 2.81. The van der Waals surface area contributed by atoms with Crippen LogP contribution in [0.5, 0.6) is 0 Å². The van der Waals surface area contributed by atoms with E-state index in [0.717, 1.165) is 42.0 Å². The van der Waals surface area contributed by atoms with Crippen molar-refractivity contribution in [1.29, 1.82) is 0 Å². The van der Waals surface area contributed by atoms with Gasteiger partial charge in [-0.25, -0.2) is 4.98 Å². The monoisotopic (exact) mass is 299 g/mol. The Bertz CT molecular complexity index is 777. The lowest BCUT2D eigenvalue weighted by Crippen LogP contribution is -2.05. The molecule has 0 aliphatic carbocycles. The number of halogens is 1. The van der Waals surface area contributed by atoms with E-state index in [1.165, 1.54) is 5.52 Å². The first-order valence-electron chi connectivity index (χ1n) is 7.17. The maximum absolute atomic E-state index is 6.07. The lowest BCUT2D eigenvalue weighted by Gasteiger charge is -2.09. The van der Waals surface area contributed by atoms with Crippen molar-refractivity contribution < 1.29 is 0 Å². The Morgan fingerprint density at radius 1 is 1.19 bits per heavy atom. The number of aromatic nitrogens is 2. The van der Waals surface area contributed by atoms with E-state index in [1.54, 1.807) is 6.07 Å². The molecule has 0 radical (unpaired) electrons. The van der Waals surface area contributed by atoms with Crippen LogP contribution in [-0.2, 0) is 13.0 Å². The summed E-state index contributed by atoms with van der Waals surface area (Å²) in [6.45, 7) is 3.14. The van der Waals surface area contributed by atoms with E-state index in [-0.39, 0.29) is 0 Å². The first-order valence-corrected chi connectivity index (χ1v) is 7.55. The summed E-state index contributed by atoms with van der Waals surface area (Å²) in [7, 11) is 0. The molecule has 0 saturated heterocycles. The maximum Gasteiger partial charge on any atom is 0.114 e. The molecule has 0 unspecified atom stereocenters. The molecule has 3 aromatic rings. The Morgan fingerprint density at radius 2 is 2.00 bits per heavy atom. The molecule has 108 valence electrons. The van der Waals surface area contributed by atoms with Crippen LogP contribution in [0.2, 0.25) is 5.02 Å². The third-order valence-corrected chi connectivity index (χ3v) is 3.87. The van der Waals surface area contributed by atoms with E-state index >= 15 is 0 Å². The van der Waals surface area contributed by atoms with Crippen LogP contribution in [0.4, 0.5) is 5.69 Å². The second-order valence-electron chi connectivity index (χ2n) is 5.19. The third-order valence-electron chi connectivity index (χ3n) is 3.64. The highest BCUT2D eigenvalue weighted by Crippen LogP contribution is 2.23. The van der Waals surface area contributed by atoms with Crippen molar-refractivity contribution in [2.24, 2.45) is 0 Å². The third kappa shape index (κ3) is 2.74. The maximum atomic E-state index is 6.07. The van der Waals surface area contributed by atoms with Crippen LogP contribution in [0.15, 0.2) is 42.5 Å². The summed E-state index contributed by atoms with van der Waals surface area (Å²) in [5.74, 6) is 1.05. The summed E-state index contributed by atoms with van der Waals surface area (Å²) in [4.78, 5) is 4.76. The average molecular weight is 300 g/mol. The fraction of sp³-hybridized carbons (Fsp3) is 0.235. The number of benzene rings is 2. The molecule has 1 heterocycles. The van der Waals surface area contributed by atoms with Crippen molar-refractivity contribution in [2.45, 2.75) is 26.3 Å². The number of fused-ring (bicyclic) bond motifs is 1. The number of nitrogen functional groups attached to an aromatic ring is 1. The molecule has 0 fully saturated rings. The van der Waals surface area contributed by atoms with Crippen LogP contribution in [0, 0.1) is 0 Å². The highest BCUT2D eigenvalue weighted by atomic mass is 35.5. The molecular weight excluding hydrogens is 282 g/mol. The van der Waals surface area contributed by atoms with Crippen LogP contribution >= 0.6 is 11.6 Å². The van der Waals surface area contributed by atoms with E-state index in [1.807, 2.05) is 18.2 Å². The van der Waals surface area contributed by atoms with Gasteiger partial charge in [0.15, 0.2) is 0 Å². The Balaban J connectivity index is 2.05. The lowest BCUT2D eigenvalue weighted by atomic mass is 10.1. The smallest absolute Gasteiger partial charge is 0.114 e. The summed E-state index contributed by atoms with van der Waals surface area (Å²) < 4.78 is 2.28. The second-order valence-corrected chi connectivity index (χ2v) is 5.62. The predicted octanol–water partition coefficient (Wildman–Crippen LogP) is 4.27. The predicted molar refractivity (Wildman–Crippen MR) is 88.7 cm³/mol. The molecule has 0 aliphatic rings. The summed E-state index contributed by atoms with van der Waals surface area (Å²) in [5, 5.41) is 0.665. The normalized spacial score (nSPS) is 11.1. The van der Waals surface area contributed by atoms with Crippen molar-refractivity contribution in [2.75, 3.05) is 5.73 Å². The van der Waals surface area contributed by atoms with E-state index in [2.05, 4.69) is 29.7 Å². The van der Waals surface area contributed by atoms with Crippen molar-refractivity contribution in [1.82, 2.24) is 9.55 Å². The Kier molecular flexibility index (Phi) is 3.84. The molecule has 3 rings (SSSR count). The minimum atomic E-state index is 0.665. The quantitative estimate of drug-likeness (QED) is 0.731. The van der Waals surface area contributed by atoms with Crippen LogP contribution in [0.25, 0.3) is 11.0 Å². The van der Waals surface area contributed by atoms with E-state index < -0.39 is 0 Å². The number of para-hydroxylation sites is 2. The summed E-state index contributed by atoms with van der Waals surface area (Å²) in [6.07, 6.45) is 1.79. The van der Waals surface area contributed by atoms with Gasteiger partial charge in [-0.2, -0.15) is 0 Å². The molecule has 0 atom stereocenters. The van der Waals surface area contributed by atoms with Gasteiger partial charge in [0.25, 0.3) is 0 Å². The van der Waals surface area contributed by atoms with Gasteiger partial charge >= 0.3 is 0 Å². The highest BCUT2D eigenvalue weighted by Gasteiger charge is 2.11. The standard InChI is InChI=1S/C17H18ClN3/c1-2-9-21-16-6-4-3-5-15(16)20-17(21)10-12-7-8-13(18)11-14(12)19/h3-8,11H,2,9-10,19H2,1H3. The zero-order chi connectivity index (χ0) is 14.8. The number of hydrogen-bond donors (Lipinski definition) is 1. The van der Waals surface area contributed by atoms with Crippen LogP contribution in [0.1, 0.15) is 24.7 Å². The van der Waals surface area contributed by atoms with Gasteiger partial charge < -0.3 is 10.3 Å². The lowest BCUT2D eigenvalue weighted by molar-refractivity contribution is 0.664.